The molecular formula is C27H25ClFN5O5. The fourth-order valence-corrected chi connectivity index (χ4v) is 3.88. The summed E-state index contributed by atoms with van der Waals surface area (Å²) in [5.41, 5.74) is 0.0350. The minimum Gasteiger partial charge on any atom is -0.469 e. The van der Waals surface area contributed by atoms with Crippen molar-refractivity contribution < 1.29 is 18.7 Å². The van der Waals surface area contributed by atoms with Gasteiger partial charge in [-0.3, -0.25) is 18.7 Å². The van der Waals surface area contributed by atoms with E-state index in [1.807, 2.05) is 0 Å². The molecule has 0 fully saturated rings. The average Bonchev–Trinajstić information content (AvgIpc) is 2.92. The van der Waals surface area contributed by atoms with Crippen molar-refractivity contribution in [1.82, 2.24) is 19.1 Å². The fraction of sp³-hybridized carbons (Fsp3) is 0.222. The Morgan fingerprint density at radius 1 is 1.10 bits per heavy atom. The van der Waals surface area contributed by atoms with Gasteiger partial charge in [-0.05, 0) is 42.8 Å². The number of rotatable bonds is 9. The number of benzene rings is 1. The van der Waals surface area contributed by atoms with E-state index in [9.17, 15) is 18.8 Å². The van der Waals surface area contributed by atoms with E-state index in [1.54, 1.807) is 50.2 Å². The van der Waals surface area contributed by atoms with Crippen molar-refractivity contribution in [2.75, 3.05) is 12.4 Å². The standard InChI is InChI=1S/C27H25ClFN5O5/c1-16(26(36)38-3)14-34-25(35)12-23(33(27(34)37)15-18-4-6-19(28)7-5-18)32-22-10-9-21(17(2)31-22)39-24-11-8-20(29)13-30-24/h4-13,16H,14-15H2,1-3H3,(H,31,32)/t16-/m0/s1. The number of hydrogen-bond donors (Lipinski definition) is 1. The van der Waals surface area contributed by atoms with Crippen molar-refractivity contribution in [1.29, 1.82) is 0 Å². The quantitative estimate of drug-likeness (QED) is 0.305. The zero-order valence-electron chi connectivity index (χ0n) is 21.4. The van der Waals surface area contributed by atoms with Gasteiger partial charge < -0.3 is 14.8 Å². The van der Waals surface area contributed by atoms with E-state index in [0.29, 0.717) is 22.3 Å². The van der Waals surface area contributed by atoms with Crippen LogP contribution in [0.15, 0.2) is 70.4 Å². The maximum atomic E-state index is 13.5. The molecule has 0 spiro atoms. The smallest absolute Gasteiger partial charge is 0.332 e. The van der Waals surface area contributed by atoms with Crippen molar-refractivity contribution >= 4 is 29.2 Å². The number of nitrogens with one attached hydrogen (secondary N) is 1. The normalized spacial score (nSPS) is 11.6. The maximum absolute atomic E-state index is 13.5. The number of anilines is 2. The summed E-state index contributed by atoms with van der Waals surface area (Å²) in [5, 5.41) is 3.58. The van der Waals surface area contributed by atoms with Gasteiger partial charge in [0.15, 0.2) is 5.75 Å². The summed E-state index contributed by atoms with van der Waals surface area (Å²) < 4.78 is 25.9. The van der Waals surface area contributed by atoms with Gasteiger partial charge in [0.05, 0.1) is 31.5 Å². The lowest BCUT2D eigenvalue weighted by Crippen LogP contribution is -2.42. The van der Waals surface area contributed by atoms with Crippen LogP contribution in [0.2, 0.25) is 5.02 Å². The maximum Gasteiger partial charge on any atom is 0.332 e. The molecule has 0 saturated carbocycles. The van der Waals surface area contributed by atoms with Crippen LogP contribution in [0.5, 0.6) is 11.6 Å². The molecule has 3 aromatic heterocycles. The van der Waals surface area contributed by atoms with Crippen LogP contribution in [0.1, 0.15) is 18.2 Å². The Balaban J connectivity index is 1.68. The predicted molar refractivity (Wildman–Crippen MR) is 143 cm³/mol. The van der Waals surface area contributed by atoms with Gasteiger partial charge in [-0.2, -0.15) is 0 Å². The zero-order chi connectivity index (χ0) is 28.1. The van der Waals surface area contributed by atoms with Crippen molar-refractivity contribution in [3.63, 3.8) is 0 Å². The average molecular weight is 554 g/mol. The predicted octanol–water partition coefficient (Wildman–Crippen LogP) is 4.29. The van der Waals surface area contributed by atoms with Gasteiger partial charge in [0.2, 0.25) is 5.88 Å². The third-order valence-electron chi connectivity index (χ3n) is 5.80. The Labute approximate surface area is 227 Å². The molecule has 0 radical (unpaired) electrons. The first-order valence-corrected chi connectivity index (χ1v) is 12.2. The van der Waals surface area contributed by atoms with Crippen molar-refractivity contribution in [3.8, 4) is 11.6 Å². The molecule has 12 heteroatoms. The van der Waals surface area contributed by atoms with Gasteiger partial charge in [-0.1, -0.05) is 30.7 Å². The van der Waals surface area contributed by atoms with E-state index in [-0.39, 0.29) is 24.8 Å². The van der Waals surface area contributed by atoms with Gasteiger partial charge >= 0.3 is 11.7 Å². The zero-order valence-corrected chi connectivity index (χ0v) is 22.1. The van der Waals surface area contributed by atoms with E-state index in [4.69, 9.17) is 21.1 Å². The number of aromatic nitrogens is 4. The Morgan fingerprint density at radius 3 is 2.49 bits per heavy atom. The first-order chi connectivity index (χ1) is 18.6. The molecule has 4 rings (SSSR count). The Morgan fingerprint density at radius 2 is 1.85 bits per heavy atom. The molecule has 0 saturated heterocycles. The molecule has 10 nitrogen and oxygen atoms in total. The number of methoxy groups -OCH3 is 1. The van der Waals surface area contributed by atoms with Crippen LogP contribution in [0.3, 0.4) is 0 Å². The van der Waals surface area contributed by atoms with Gasteiger partial charge in [-0.15, -0.1) is 0 Å². The van der Waals surface area contributed by atoms with Gasteiger partial charge in [0.1, 0.15) is 17.5 Å². The lowest BCUT2D eigenvalue weighted by atomic mass is 10.2. The fourth-order valence-electron chi connectivity index (χ4n) is 3.75. The number of pyridine rings is 2. The molecule has 0 aliphatic carbocycles. The van der Waals surface area contributed by atoms with Crippen LogP contribution in [-0.2, 0) is 22.6 Å². The Hall–Kier alpha value is -4.51. The second kappa shape index (κ2) is 11.9. The molecule has 0 amide bonds. The van der Waals surface area contributed by atoms with Crippen molar-refractivity contribution in [3.05, 3.63) is 104 Å². The number of ether oxygens (including phenoxy) is 2. The second-order valence-corrected chi connectivity index (χ2v) is 9.16. The Bertz CT molecular complexity index is 1600. The van der Waals surface area contributed by atoms with Crippen LogP contribution in [0.4, 0.5) is 16.0 Å². The molecule has 0 bridgehead atoms. The molecule has 3 heterocycles. The number of halogens is 2. The van der Waals surface area contributed by atoms with Crippen molar-refractivity contribution in [2.24, 2.45) is 5.92 Å². The number of aryl methyl sites for hydroxylation is 1. The van der Waals surface area contributed by atoms with E-state index in [1.165, 1.54) is 29.9 Å². The highest BCUT2D eigenvalue weighted by Crippen LogP contribution is 2.25. The second-order valence-electron chi connectivity index (χ2n) is 8.72. The monoisotopic (exact) mass is 553 g/mol. The molecule has 1 aromatic carbocycles. The number of esters is 1. The molecule has 4 aromatic rings. The summed E-state index contributed by atoms with van der Waals surface area (Å²) in [4.78, 5) is 46.7. The summed E-state index contributed by atoms with van der Waals surface area (Å²) in [6, 6.07) is 14.1. The minimum absolute atomic E-state index is 0.113. The molecular weight excluding hydrogens is 529 g/mol. The molecule has 0 aliphatic heterocycles. The highest BCUT2D eigenvalue weighted by molar-refractivity contribution is 6.30. The molecule has 1 N–H and O–H groups in total. The lowest BCUT2D eigenvalue weighted by molar-refractivity contribution is -0.145. The van der Waals surface area contributed by atoms with Crippen LogP contribution >= 0.6 is 11.6 Å². The third-order valence-corrected chi connectivity index (χ3v) is 6.05. The summed E-state index contributed by atoms with van der Waals surface area (Å²) in [5.74, 6) is -0.600. The van der Waals surface area contributed by atoms with Crippen LogP contribution < -0.4 is 21.3 Å². The van der Waals surface area contributed by atoms with Crippen LogP contribution in [-0.4, -0.2) is 32.2 Å². The number of nitrogens with zero attached hydrogens (tertiary/aromatic N) is 4. The first kappa shape index (κ1) is 27.5. The van der Waals surface area contributed by atoms with E-state index >= 15 is 0 Å². The highest BCUT2D eigenvalue weighted by atomic mass is 35.5. The number of carbonyl (C=O) groups is 1. The highest BCUT2D eigenvalue weighted by Gasteiger charge is 2.19. The number of hydrogen-bond acceptors (Lipinski definition) is 8. The molecule has 0 unspecified atom stereocenters. The lowest BCUT2D eigenvalue weighted by Gasteiger charge is -2.18. The third kappa shape index (κ3) is 6.68. The summed E-state index contributed by atoms with van der Waals surface area (Å²) in [6.45, 7) is 3.25. The minimum atomic E-state index is -0.712. The molecule has 0 aliphatic rings. The van der Waals surface area contributed by atoms with Crippen molar-refractivity contribution in [2.45, 2.75) is 26.9 Å². The molecule has 1 atom stereocenters. The number of carbonyl (C=O) groups excluding carboxylic acids is 1. The largest absolute Gasteiger partial charge is 0.469 e. The van der Waals surface area contributed by atoms with E-state index < -0.39 is 29.0 Å². The van der Waals surface area contributed by atoms with Crippen LogP contribution in [0.25, 0.3) is 0 Å². The van der Waals surface area contributed by atoms with Gasteiger partial charge in [0.25, 0.3) is 5.56 Å². The van der Waals surface area contributed by atoms with Crippen LogP contribution in [0, 0.1) is 18.7 Å². The van der Waals surface area contributed by atoms with Gasteiger partial charge in [0, 0.05) is 23.7 Å². The molecule has 39 heavy (non-hydrogen) atoms. The summed E-state index contributed by atoms with van der Waals surface area (Å²) in [7, 11) is 1.24. The van der Waals surface area contributed by atoms with E-state index in [2.05, 4.69) is 15.3 Å². The van der Waals surface area contributed by atoms with E-state index in [0.717, 1.165) is 16.3 Å². The SMILES string of the molecule is COC(=O)[C@@H](C)Cn1c(=O)cc(Nc2ccc(Oc3ccc(F)cn3)c(C)n2)n(Cc2ccc(Cl)cc2)c1=O. The molecule has 202 valence electrons. The first-order valence-electron chi connectivity index (χ1n) is 11.9. The van der Waals surface area contributed by atoms with Gasteiger partial charge in [-0.25, -0.2) is 19.2 Å². The Kier molecular flexibility index (Phi) is 8.40. The summed E-state index contributed by atoms with van der Waals surface area (Å²) in [6.07, 6.45) is 1.04. The topological polar surface area (TPSA) is 117 Å². The summed E-state index contributed by atoms with van der Waals surface area (Å²) >= 11 is 6.01.